The molecule has 0 aliphatic carbocycles. The number of aromatic nitrogens is 2. The van der Waals surface area contributed by atoms with Crippen LogP contribution in [0.25, 0.3) is 0 Å². The number of carbonyl (C=O) groups excluding carboxylic acids is 1. The highest BCUT2D eigenvalue weighted by Gasteiger charge is 2.17. The average molecular weight is 321 g/mol. The zero-order valence-electron chi connectivity index (χ0n) is 13.6. The molecule has 0 aromatic carbocycles. The zero-order valence-corrected chi connectivity index (χ0v) is 13.6. The molecule has 3 heterocycles. The number of piperidine rings is 1. The molecule has 1 aliphatic heterocycles. The van der Waals surface area contributed by atoms with Gasteiger partial charge in [-0.05, 0) is 37.0 Å². The van der Waals surface area contributed by atoms with Crippen LogP contribution in [0.4, 0.5) is 11.5 Å². The summed E-state index contributed by atoms with van der Waals surface area (Å²) in [4.78, 5) is 22.9. The lowest BCUT2D eigenvalue weighted by Gasteiger charge is -2.31. The van der Waals surface area contributed by atoms with Gasteiger partial charge < -0.3 is 10.2 Å². The fraction of sp³-hybridized carbons (Fsp3) is 0.333. The van der Waals surface area contributed by atoms with Crippen molar-refractivity contribution in [3.63, 3.8) is 0 Å². The molecule has 0 radical (unpaired) electrons. The van der Waals surface area contributed by atoms with E-state index in [2.05, 4.69) is 27.1 Å². The van der Waals surface area contributed by atoms with Gasteiger partial charge in [-0.3, -0.25) is 9.78 Å². The van der Waals surface area contributed by atoms with Crippen molar-refractivity contribution in [2.45, 2.75) is 19.8 Å². The predicted octanol–water partition coefficient (Wildman–Crippen LogP) is 2.84. The van der Waals surface area contributed by atoms with E-state index in [1.807, 2.05) is 12.1 Å². The van der Waals surface area contributed by atoms with Gasteiger partial charge in [-0.2, -0.15) is 5.26 Å². The second kappa shape index (κ2) is 7.09. The maximum absolute atomic E-state index is 12.3. The van der Waals surface area contributed by atoms with Gasteiger partial charge in [0, 0.05) is 31.7 Å². The minimum absolute atomic E-state index is 0.288. The number of pyridine rings is 2. The molecule has 1 N–H and O–H groups in total. The molecule has 0 spiro atoms. The number of anilines is 2. The first-order chi connectivity index (χ1) is 11.7. The summed E-state index contributed by atoms with van der Waals surface area (Å²) in [7, 11) is 0. The maximum Gasteiger partial charge on any atom is 0.257 e. The van der Waals surface area contributed by atoms with Crippen molar-refractivity contribution >= 4 is 17.4 Å². The van der Waals surface area contributed by atoms with E-state index < -0.39 is 0 Å². The fourth-order valence-corrected chi connectivity index (χ4v) is 2.73. The van der Waals surface area contributed by atoms with E-state index in [1.165, 1.54) is 25.2 Å². The number of hydrogen-bond acceptors (Lipinski definition) is 5. The van der Waals surface area contributed by atoms with E-state index in [0.717, 1.165) is 24.8 Å². The minimum atomic E-state index is -0.288. The van der Waals surface area contributed by atoms with Crippen LogP contribution in [0.15, 0.2) is 36.8 Å². The van der Waals surface area contributed by atoms with E-state index in [-0.39, 0.29) is 5.91 Å². The van der Waals surface area contributed by atoms with Gasteiger partial charge in [-0.15, -0.1) is 0 Å². The Balaban J connectivity index is 1.69. The molecular weight excluding hydrogens is 302 g/mol. The van der Waals surface area contributed by atoms with Crippen LogP contribution in [0, 0.1) is 17.2 Å². The van der Waals surface area contributed by atoms with Crippen molar-refractivity contribution < 1.29 is 4.79 Å². The molecule has 24 heavy (non-hydrogen) atoms. The van der Waals surface area contributed by atoms with Crippen LogP contribution in [0.3, 0.4) is 0 Å². The molecule has 0 unspecified atom stereocenters. The Morgan fingerprint density at radius 3 is 2.75 bits per heavy atom. The Morgan fingerprint density at radius 1 is 1.29 bits per heavy atom. The molecule has 0 bridgehead atoms. The van der Waals surface area contributed by atoms with E-state index in [0.29, 0.717) is 16.8 Å². The second-order valence-corrected chi connectivity index (χ2v) is 6.06. The van der Waals surface area contributed by atoms with Crippen molar-refractivity contribution in [2.75, 3.05) is 23.3 Å². The van der Waals surface area contributed by atoms with Crippen LogP contribution in [-0.2, 0) is 0 Å². The molecule has 1 saturated heterocycles. The molecule has 1 fully saturated rings. The third-order valence-corrected chi connectivity index (χ3v) is 4.31. The minimum Gasteiger partial charge on any atom is -0.357 e. The molecule has 1 aliphatic rings. The largest absolute Gasteiger partial charge is 0.357 e. The standard InChI is InChI=1S/C18H19N5O/c1-13-5-8-23(9-6-13)17-3-2-14(12-21-17)18(24)22-16-4-7-20-11-15(16)10-19/h2-4,7,11-13H,5-6,8-9H2,1H3,(H,20,22,24). The van der Waals surface area contributed by atoms with Crippen LogP contribution in [-0.4, -0.2) is 29.0 Å². The van der Waals surface area contributed by atoms with Gasteiger partial charge in [0.25, 0.3) is 5.91 Å². The van der Waals surface area contributed by atoms with Gasteiger partial charge in [0.05, 0.1) is 16.8 Å². The predicted molar refractivity (Wildman–Crippen MR) is 91.8 cm³/mol. The third-order valence-electron chi connectivity index (χ3n) is 4.31. The van der Waals surface area contributed by atoms with Gasteiger partial charge in [0.2, 0.25) is 0 Å². The molecule has 6 nitrogen and oxygen atoms in total. The molecule has 2 aromatic rings. The molecule has 2 aromatic heterocycles. The van der Waals surface area contributed by atoms with E-state index in [9.17, 15) is 4.79 Å². The van der Waals surface area contributed by atoms with Crippen molar-refractivity contribution in [1.29, 1.82) is 5.26 Å². The highest BCUT2D eigenvalue weighted by Crippen LogP contribution is 2.21. The first-order valence-electron chi connectivity index (χ1n) is 8.04. The zero-order chi connectivity index (χ0) is 16.9. The Morgan fingerprint density at radius 2 is 2.08 bits per heavy atom. The molecule has 1 amide bonds. The summed E-state index contributed by atoms with van der Waals surface area (Å²) in [5.41, 5.74) is 1.24. The lowest BCUT2D eigenvalue weighted by molar-refractivity contribution is 0.102. The van der Waals surface area contributed by atoms with Gasteiger partial charge in [-0.25, -0.2) is 4.98 Å². The summed E-state index contributed by atoms with van der Waals surface area (Å²) in [5, 5.41) is 11.8. The number of carbonyl (C=O) groups is 1. The number of nitriles is 1. The van der Waals surface area contributed by atoms with Gasteiger partial charge in [-0.1, -0.05) is 6.92 Å². The molecule has 6 heteroatoms. The molecule has 0 atom stereocenters. The normalized spacial score (nSPS) is 14.9. The molecule has 122 valence electrons. The van der Waals surface area contributed by atoms with Crippen molar-refractivity contribution in [3.8, 4) is 6.07 Å². The lowest BCUT2D eigenvalue weighted by atomic mass is 9.99. The summed E-state index contributed by atoms with van der Waals surface area (Å²) in [6, 6.07) is 7.26. The summed E-state index contributed by atoms with van der Waals surface area (Å²) in [6.07, 6.45) is 6.88. The van der Waals surface area contributed by atoms with E-state index in [1.54, 1.807) is 18.3 Å². The number of nitrogens with zero attached hydrogens (tertiary/aromatic N) is 4. The second-order valence-electron chi connectivity index (χ2n) is 6.06. The fourth-order valence-electron chi connectivity index (χ4n) is 2.73. The Hall–Kier alpha value is -2.94. The topological polar surface area (TPSA) is 81.9 Å². The summed E-state index contributed by atoms with van der Waals surface area (Å²) in [5.74, 6) is 1.38. The molecular formula is C18H19N5O. The van der Waals surface area contributed by atoms with E-state index >= 15 is 0 Å². The van der Waals surface area contributed by atoms with Crippen molar-refractivity contribution in [2.24, 2.45) is 5.92 Å². The van der Waals surface area contributed by atoms with Gasteiger partial charge >= 0.3 is 0 Å². The van der Waals surface area contributed by atoms with E-state index in [4.69, 9.17) is 5.26 Å². The van der Waals surface area contributed by atoms with Crippen molar-refractivity contribution in [3.05, 3.63) is 47.9 Å². The lowest BCUT2D eigenvalue weighted by Crippen LogP contribution is -2.33. The number of nitrogens with one attached hydrogen (secondary N) is 1. The first kappa shape index (κ1) is 15.9. The smallest absolute Gasteiger partial charge is 0.257 e. The third kappa shape index (κ3) is 3.51. The van der Waals surface area contributed by atoms with Crippen LogP contribution in [0.1, 0.15) is 35.7 Å². The molecule has 3 rings (SSSR count). The summed E-state index contributed by atoms with van der Waals surface area (Å²) < 4.78 is 0. The summed E-state index contributed by atoms with van der Waals surface area (Å²) in [6.45, 7) is 4.28. The van der Waals surface area contributed by atoms with Crippen LogP contribution in [0.2, 0.25) is 0 Å². The highest BCUT2D eigenvalue weighted by molar-refractivity contribution is 6.04. The number of hydrogen-bond donors (Lipinski definition) is 1. The maximum atomic E-state index is 12.3. The van der Waals surface area contributed by atoms with Crippen LogP contribution >= 0.6 is 0 Å². The van der Waals surface area contributed by atoms with Crippen LogP contribution in [0.5, 0.6) is 0 Å². The van der Waals surface area contributed by atoms with Crippen molar-refractivity contribution in [1.82, 2.24) is 9.97 Å². The Labute approximate surface area is 141 Å². The Bertz CT molecular complexity index is 758. The quantitative estimate of drug-likeness (QED) is 0.940. The number of rotatable bonds is 3. The monoisotopic (exact) mass is 321 g/mol. The Kier molecular flexibility index (Phi) is 4.71. The SMILES string of the molecule is CC1CCN(c2ccc(C(=O)Nc3ccncc3C#N)cn2)CC1. The van der Waals surface area contributed by atoms with Gasteiger partial charge in [0.15, 0.2) is 0 Å². The average Bonchev–Trinajstić information content (AvgIpc) is 2.63. The highest BCUT2D eigenvalue weighted by atomic mass is 16.1. The van der Waals surface area contributed by atoms with Crippen LogP contribution < -0.4 is 10.2 Å². The van der Waals surface area contributed by atoms with Gasteiger partial charge in [0.1, 0.15) is 11.9 Å². The number of amides is 1. The molecule has 0 saturated carbocycles. The summed E-state index contributed by atoms with van der Waals surface area (Å²) >= 11 is 0. The first-order valence-corrected chi connectivity index (χ1v) is 8.04.